The molecule has 1 aliphatic heterocycles. The van der Waals surface area contributed by atoms with E-state index in [2.05, 4.69) is 11.8 Å². The van der Waals surface area contributed by atoms with Gasteiger partial charge in [0.05, 0.1) is 5.57 Å². The van der Waals surface area contributed by atoms with E-state index in [4.69, 9.17) is 4.74 Å². The number of hydrogen-bond acceptors (Lipinski definition) is 3. The number of carbonyl (C=O) groups is 1. The van der Waals surface area contributed by atoms with Gasteiger partial charge in [0.1, 0.15) is 6.10 Å². The molecule has 0 radical (unpaired) electrons. The molecule has 0 unspecified atom stereocenters. The molecular weight excluding hydrogens is 286 g/mol. The first kappa shape index (κ1) is 15.5. The van der Waals surface area contributed by atoms with Gasteiger partial charge in [0, 0.05) is 12.6 Å². The molecule has 1 saturated heterocycles. The average molecular weight is 307 g/mol. The maximum absolute atomic E-state index is 12.6. The quantitative estimate of drug-likeness (QED) is 0.626. The SMILES string of the molecule is C[C@@H]1[C@@H](c2ccccc2)OC(=O)/C(=C/c2ccccc2)CN1C. The van der Waals surface area contributed by atoms with Crippen LogP contribution < -0.4 is 0 Å². The minimum absolute atomic E-state index is 0.114. The third-order valence-electron chi connectivity index (χ3n) is 4.32. The van der Waals surface area contributed by atoms with Gasteiger partial charge in [0.2, 0.25) is 0 Å². The molecule has 2 atom stereocenters. The Morgan fingerprint density at radius 2 is 1.65 bits per heavy atom. The van der Waals surface area contributed by atoms with E-state index in [0.717, 1.165) is 11.1 Å². The molecule has 0 aromatic heterocycles. The molecule has 2 aromatic carbocycles. The molecule has 3 rings (SSSR count). The molecule has 23 heavy (non-hydrogen) atoms. The lowest BCUT2D eigenvalue weighted by atomic mass is 10.0. The van der Waals surface area contributed by atoms with Crippen molar-refractivity contribution in [3.63, 3.8) is 0 Å². The molecule has 0 N–H and O–H groups in total. The van der Waals surface area contributed by atoms with Gasteiger partial charge in [0.25, 0.3) is 0 Å². The minimum atomic E-state index is -0.254. The molecule has 0 bridgehead atoms. The van der Waals surface area contributed by atoms with E-state index >= 15 is 0 Å². The normalized spacial score (nSPS) is 24.3. The average Bonchev–Trinajstić information content (AvgIpc) is 2.69. The fourth-order valence-electron chi connectivity index (χ4n) is 2.84. The molecule has 0 spiro atoms. The van der Waals surface area contributed by atoms with Crippen LogP contribution in [0, 0.1) is 0 Å². The fourth-order valence-corrected chi connectivity index (χ4v) is 2.84. The monoisotopic (exact) mass is 307 g/mol. The fraction of sp³-hybridized carbons (Fsp3) is 0.250. The van der Waals surface area contributed by atoms with E-state index in [-0.39, 0.29) is 18.1 Å². The lowest BCUT2D eigenvalue weighted by Crippen LogP contribution is -2.33. The maximum atomic E-state index is 12.6. The van der Waals surface area contributed by atoms with Crippen LogP contribution in [0.2, 0.25) is 0 Å². The van der Waals surface area contributed by atoms with Gasteiger partial charge in [-0.3, -0.25) is 4.90 Å². The minimum Gasteiger partial charge on any atom is -0.452 e. The summed E-state index contributed by atoms with van der Waals surface area (Å²) in [7, 11) is 2.03. The van der Waals surface area contributed by atoms with Crippen LogP contribution in [0.3, 0.4) is 0 Å². The van der Waals surface area contributed by atoms with Crippen molar-refractivity contribution in [2.75, 3.05) is 13.6 Å². The van der Waals surface area contributed by atoms with Crippen LogP contribution in [0.4, 0.5) is 0 Å². The van der Waals surface area contributed by atoms with Gasteiger partial charge in [-0.2, -0.15) is 0 Å². The largest absolute Gasteiger partial charge is 0.452 e. The van der Waals surface area contributed by atoms with Crippen molar-refractivity contribution in [2.24, 2.45) is 0 Å². The third-order valence-corrected chi connectivity index (χ3v) is 4.32. The molecule has 1 heterocycles. The Morgan fingerprint density at radius 3 is 2.30 bits per heavy atom. The Bertz CT molecular complexity index is 694. The lowest BCUT2D eigenvalue weighted by molar-refractivity contribution is -0.145. The van der Waals surface area contributed by atoms with E-state index in [1.807, 2.05) is 73.8 Å². The van der Waals surface area contributed by atoms with Crippen molar-refractivity contribution in [3.05, 3.63) is 77.4 Å². The Balaban J connectivity index is 1.91. The van der Waals surface area contributed by atoms with Crippen LogP contribution in [0.5, 0.6) is 0 Å². The smallest absolute Gasteiger partial charge is 0.336 e. The first-order chi connectivity index (χ1) is 11.1. The maximum Gasteiger partial charge on any atom is 0.336 e. The summed E-state index contributed by atoms with van der Waals surface area (Å²) < 4.78 is 5.82. The molecule has 0 saturated carbocycles. The zero-order chi connectivity index (χ0) is 16.2. The summed E-state index contributed by atoms with van der Waals surface area (Å²) in [5, 5.41) is 0. The summed E-state index contributed by atoms with van der Waals surface area (Å²) in [6.45, 7) is 2.68. The predicted molar refractivity (Wildman–Crippen MR) is 91.8 cm³/mol. The highest BCUT2D eigenvalue weighted by atomic mass is 16.5. The van der Waals surface area contributed by atoms with Crippen molar-refractivity contribution in [3.8, 4) is 0 Å². The molecule has 3 nitrogen and oxygen atoms in total. The van der Waals surface area contributed by atoms with Crippen molar-refractivity contribution >= 4 is 12.0 Å². The molecule has 0 aliphatic carbocycles. The third kappa shape index (κ3) is 3.51. The summed E-state index contributed by atoms with van der Waals surface area (Å²) in [6, 6.07) is 19.9. The van der Waals surface area contributed by atoms with Gasteiger partial charge >= 0.3 is 5.97 Å². The summed E-state index contributed by atoms with van der Waals surface area (Å²) in [6.07, 6.45) is 1.66. The standard InChI is InChI=1S/C20H21NO2/c1-15-19(17-11-7-4-8-12-17)23-20(22)18(14-21(15)2)13-16-9-5-3-6-10-16/h3-13,15,19H,14H2,1-2H3/b18-13+/t15-,19+/m1/s1. The molecule has 1 fully saturated rings. The zero-order valence-electron chi connectivity index (χ0n) is 13.5. The molecule has 0 amide bonds. The highest BCUT2D eigenvalue weighted by Gasteiger charge is 2.32. The number of cyclic esters (lactones) is 1. The highest BCUT2D eigenvalue weighted by Crippen LogP contribution is 2.29. The summed E-state index contributed by atoms with van der Waals surface area (Å²) in [5.41, 5.74) is 2.73. The number of esters is 1. The van der Waals surface area contributed by atoms with Crippen molar-refractivity contribution in [1.82, 2.24) is 4.90 Å². The first-order valence-electron chi connectivity index (χ1n) is 7.87. The van der Waals surface area contributed by atoms with E-state index in [1.165, 1.54) is 0 Å². The number of likely N-dealkylation sites (N-methyl/N-ethyl adjacent to an activating group) is 1. The van der Waals surface area contributed by atoms with Crippen molar-refractivity contribution < 1.29 is 9.53 Å². The lowest BCUT2D eigenvalue weighted by Gasteiger charge is -2.27. The zero-order valence-corrected chi connectivity index (χ0v) is 13.5. The van der Waals surface area contributed by atoms with Crippen LogP contribution in [0.1, 0.15) is 24.2 Å². The van der Waals surface area contributed by atoms with Crippen LogP contribution in [-0.4, -0.2) is 30.5 Å². The summed E-state index contributed by atoms with van der Waals surface area (Å²) in [4.78, 5) is 14.7. The second kappa shape index (κ2) is 6.80. The van der Waals surface area contributed by atoms with Gasteiger partial charge in [-0.15, -0.1) is 0 Å². The second-order valence-electron chi connectivity index (χ2n) is 5.97. The Morgan fingerprint density at radius 1 is 1.04 bits per heavy atom. The number of carbonyl (C=O) groups excluding carboxylic acids is 1. The van der Waals surface area contributed by atoms with E-state index < -0.39 is 0 Å². The molecule has 3 heteroatoms. The molecule has 1 aliphatic rings. The van der Waals surface area contributed by atoms with Crippen LogP contribution >= 0.6 is 0 Å². The topological polar surface area (TPSA) is 29.5 Å². The number of rotatable bonds is 2. The highest BCUT2D eigenvalue weighted by molar-refractivity contribution is 5.94. The van der Waals surface area contributed by atoms with Crippen molar-refractivity contribution in [2.45, 2.75) is 19.1 Å². The number of ether oxygens (including phenoxy) is 1. The number of benzene rings is 2. The van der Waals surface area contributed by atoms with Crippen LogP contribution in [0.15, 0.2) is 66.2 Å². The molecular formula is C20H21NO2. The number of nitrogens with zero attached hydrogens (tertiary/aromatic N) is 1. The van der Waals surface area contributed by atoms with Gasteiger partial charge in [-0.25, -0.2) is 4.79 Å². The van der Waals surface area contributed by atoms with Gasteiger partial charge in [0.15, 0.2) is 0 Å². The van der Waals surface area contributed by atoms with Crippen LogP contribution in [0.25, 0.3) is 6.08 Å². The van der Waals surface area contributed by atoms with E-state index in [1.54, 1.807) is 0 Å². The molecule has 2 aromatic rings. The summed E-state index contributed by atoms with van der Waals surface area (Å²) in [5.74, 6) is -0.237. The Hall–Kier alpha value is -2.39. The second-order valence-corrected chi connectivity index (χ2v) is 5.97. The predicted octanol–water partition coefficient (Wildman–Crippen LogP) is 3.69. The van der Waals surface area contributed by atoms with Gasteiger partial charge < -0.3 is 4.74 Å². The van der Waals surface area contributed by atoms with Gasteiger partial charge in [-0.1, -0.05) is 60.7 Å². The molecule has 118 valence electrons. The van der Waals surface area contributed by atoms with Crippen molar-refractivity contribution in [1.29, 1.82) is 0 Å². The van der Waals surface area contributed by atoms with E-state index in [0.29, 0.717) is 12.1 Å². The number of hydrogen-bond donors (Lipinski definition) is 0. The first-order valence-corrected chi connectivity index (χ1v) is 7.87. The Labute approximate surface area is 137 Å². The van der Waals surface area contributed by atoms with Gasteiger partial charge in [-0.05, 0) is 31.2 Å². The summed E-state index contributed by atoms with van der Waals surface area (Å²) >= 11 is 0. The van der Waals surface area contributed by atoms with E-state index in [9.17, 15) is 4.79 Å². The van der Waals surface area contributed by atoms with Crippen LogP contribution in [-0.2, 0) is 9.53 Å². The Kier molecular flexibility index (Phi) is 4.58.